The van der Waals surface area contributed by atoms with Crippen molar-refractivity contribution in [2.24, 2.45) is 0 Å². The van der Waals surface area contributed by atoms with Crippen LogP contribution < -0.4 is 10.6 Å². The van der Waals surface area contributed by atoms with Crippen LogP contribution >= 0.6 is 15.9 Å². The van der Waals surface area contributed by atoms with Crippen LogP contribution in [0.4, 0.5) is 10.1 Å². The highest BCUT2D eigenvalue weighted by Gasteiger charge is 2.15. The van der Waals surface area contributed by atoms with Crippen LogP contribution in [0, 0.1) is 5.82 Å². The van der Waals surface area contributed by atoms with E-state index in [0.717, 1.165) is 5.69 Å². The van der Waals surface area contributed by atoms with Gasteiger partial charge in [-0.3, -0.25) is 14.6 Å². The van der Waals surface area contributed by atoms with Crippen LogP contribution in [-0.2, 0) is 16.0 Å². The molecule has 0 bridgehead atoms. The predicted octanol–water partition coefficient (Wildman–Crippen LogP) is 2.28. The van der Waals surface area contributed by atoms with Gasteiger partial charge < -0.3 is 10.6 Å². The highest BCUT2D eigenvalue weighted by atomic mass is 79.9. The van der Waals surface area contributed by atoms with Gasteiger partial charge in [-0.15, -0.1) is 0 Å². The van der Waals surface area contributed by atoms with Crippen molar-refractivity contribution in [2.75, 3.05) is 11.9 Å². The predicted molar refractivity (Wildman–Crippen MR) is 83.7 cm³/mol. The van der Waals surface area contributed by atoms with Crippen LogP contribution in [0.15, 0.2) is 47.1 Å². The van der Waals surface area contributed by atoms with E-state index < -0.39 is 17.6 Å². The number of aromatic nitrogens is 1. The molecule has 0 saturated carbocycles. The Morgan fingerprint density at radius 3 is 2.68 bits per heavy atom. The molecule has 0 radical (unpaired) electrons. The van der Waals surface area contributed by atoms with Gasteiger partial charge >= 0.3 is 11.8 Å². The van der Waals surface area contributed by atoms with Gasteiger partial charge in [0.25, 0.3) is 0 Å². The van der Waals surface area contributed by atoms with Crippen molar-refractivity contribution in [3.8, 4) is 0 Å². The monoisotopic (exact) mass is 365 g/mol. The first-order valence-electron chi connectivity index (χ1n) is 6.50. The molecular weight excluding hydrogens is 353 g/mol. The fraction of sp³-hybridized carbons (Fsp3) is 0.133. The number of carbonyl (C=O) groups is 2. The maximum absolute atomic E-state index is 13.6. The lowest BCUT2D eigenvalue weighted by Gasteiger charge is -2.07. The van der Waals surface area contributed by atoms with Gasteiger partial charge in [-0.05, 0) is 30.3 Å². The SMILES string of the molecule is O=C(NCCc1ccccn1)C(=O)Nc1ccc(Br)cc1F. The van der Waals surface area contributed by atoms with Gasteiger partial charge in [0.2, 0.25) is 0 Å². The summed E-state index contributed by atoms with van der Waals surface area (Å²) in [4.78, 5) is 27.4. The highest BCUT2D eigenvalue weighted by Crippen LogP contribution is 2.19. The van der Waals surface area contributed by atoms with E-state index in [1.165, 1.54) is 12.1 Å². The molecule has 0 aliphatic rings. The number of rotatable bonds is 4. The number of hydrogen-bond acceptors (Lipinski definition) is 3. The first-order chi connectivity index (χ1) is 10.6. The van der Waals surface area contributed by atoms with Crippen LogP contribution in [0.2, 0.25) is 0 Å². The second-order valence-corrected chi connectivity index (χ2v) is 5.32. The Morgan fingerprint density at radius 1 is 1.18 bits per heavy atom. The zero-order valence-electron chi connectivity index (χ0n) is 11.5. The minimum Gasteiger partial charge on any atom is -0.347 e. The average molecular weight is 366 g/mol. The van der Waals surface area contributed by atoms with E-state index in [9.17, 15) is 14.0 Å². The molecule has 7 heteroatoms. The molecule has 0 saturated heterocycles. The second-order valence-electron chi connectivity index (χ2n) is 4.41. The topological polar surface area (TPSA) is 71.1 Å². The molecule has 114 valence electrons. The standard InChI is InChI=1S/C15H13BrFN3O2/c16-10-4-5-13(12(17)9-10)20-15(22)14(21)19-8-6-11-3-1-2-7-18-11/h1-5,7,9H,6,8H2,(H,19,21)(H,20,22). The van der Waals surface area contributed by atoms with Crippen LogP contribution in [-0.4, -0.2) is 23.3 Å². The molecule has 2 amide bonds. The largest absolute Gasteiger partial charge is 0.347 e. The third kappa shape index (κ3) is 4.63. The number of nitrogens with one attached hydrogen (secondary N) is 2. The number of anilines is 1. The normalized spacial score (nSPS) is 10.1. The Labute approximate surface area is 135 Å². The molecule has 1 aromatic heterocycles. The molecule has 22 heavy (non-hydrogen) atoms. The summed E-state index contributed by atoms with van der Waals surface area (Å²) in [6.45, 7) is 0.270. The molecule has 1 aromatic carbocycles. The number of benzene rings is 1. The minimum absolute atomic E-state index is 0.0481. The molecule has 2 rings (SSSR count). The number of pyridine rings is 1. The van der Waals surface area contributed by atoms with Crippen molar-refractivity contribution in [1.82, 2.24) is 10.3 Å². The fourth-order valence-corrected chi connectivity index (χ4v) is 2.03. The van der Waals surface area contributed by atoms with Crippen LogP contribution in [0.3, 0.4) is 0 Å². The van der Waals surface area contributed by atoms with Crippen LogP contribution in [0.5, 0.6) is 0 Å². The van der Waals surface area contributed by atoms with Crippen molar-refractivity contribution < 1.29 is 14.0 Å². The minimum atomic E-state index is -0.915. The van der Waals surface area contributed by atoms with Crippen molar-refractivity contribution >= 4 is 33.4 Å². The second kappa shape index (κ2) is 7.65. The van der Waals surface area contributed by atoms with E-state index >= 15 is 0 Å². The van der Waals surface area contributed by atoms with Gasteiger partial charge in [-0.2, -0.15) is 0 Å². The van der Waals surface area contributed by atoms with Crippen LogP contribution in [0.25, 0.3) is 0 Å². The molecule has 1 heterocycles. The van der Waals surface area contributed by atoms with Crippen molar-refractivity contribution in [1.29, 1.82) is 0 Å². The third-order valence-corrected chi connectivity index (χ3v) is 3.27. The Hall–Kier alpha value is -2.28. The fourth-order valence-electron chi connectivity index (χ4n) is 1.70. The Balaban J connectivity index is 1.83. The van der Waals surface area contributed by atoms with Gasteiger partial charge in [0.15, 0.2) is 0 Å². The van der Waals surface area contributed by atoms with E-state index in [-0.39, 0.29) is 12.2 Å². The lowest BCUT2D eigenvalue weighted by Crippen LogP contribution is -2.36. The first-order valence-corrected chi connectivity index (χ1v) is 7.29. The molecular formula is C15H13BrFN3O2. The Morgan fingerprint density at radius 2 is 2.00 bits per heavy atom. The Bertz CT molecular complexity index is 680. The first kappa shape index (κ1) is 16.1. The summed E-state index contributed by atoms with van der Waals surface area (Å²) < 4.78 is 14.1. The summed E-state index contributed by atoms with van der Waals surface area (Å²) in [6.07, 6.45) is 2.16. The zero-order chi connectivity index (χ0) is 15.9. The molecule has 0 aliphatic heterocycles. The molecule has 0 spiro atoms. The number of nitrogens with zero attached hydrogens (tertiary/aromatic N) is 1. The van der Waals surface area contributed by atoms with Crippen molar-refractivity contribution in [2.45, 2.75) is 6.42 Å². The summed E-state index contributed by atoms with van der Waals surface area (Å²) in [7, 11) is 0. The smallest absolute Gasteiger partial charge is 0.313 e. The summed E-state index contributed by atoms with van der Waals surface area (Å²) in [5.41, 5.74) is 0.759. The number of amides is 2. The molecule has 0 aliphatic carbocycles. The van der Waals surface area contributed by atoms with Gasteiger partial charge in [-0.1, -0.05) is 22.0 Å². The van der Waals surface area contributed by atoms with E-state index in [1.54, 1.807) is 18.3 Å². The summed E-state index contributed by atoms with van der Waals surface area (Å²) in [5, 5.41) is 4.68. The molecule has 0 unspecified atom stereocenters. The summed E-state index contributed by atoms with van der Waals surface area (Å²) in [6, 6.07) is 9.60. The Kier molecular flexibility index (Phi) is 5.60. The number of halogens is 2. The number of carbonyl (C=O) groups excluding carboxylic acids is 2. The average Bonchev–Trinajstić information content (AvgIpc) is 2.51. The third-order valence-electron chi connectivity index (χ3n) is 2.78. The molecule has 0 fully saturated rings. The van der Waals surface area contributed by atoms with E-state index in [1.807, 2.05) is 12.1 Å². The molecule has 5 nitrogen and oxygen atoms in total. The summed E-state index contributed by atoms with van der Waals surface area (Å²) in [5.74, 6) is -2.36. The van der Waals surface area contributed by atoms with Crippen molar-refractivity contribution in [3.05, 3.63) is 58.6 Å². The van der Waals surface area contributed by atoms with Crippen molar-refractivity contribution in [3.63, 3.8) is 0 Å². The van der Waals surface area contributed by atoms with Gasteiger partial charge in [0.1, 0.15) is 5.82 Å². The van der Waals surface area contributed by atoms with Gasteiger partial charge in [0, 0.05) is 29.3 Å². The lowest BCUT2D eigenvalue weighted by molar-refractivity contribution is -0.136. The van der Waals surface area contributed by atoms with Gasteiger partial charge in [0.05, 0.1) is 5.69 Å². The molecule has 0 atom stereocenters. The lowest BCUT2D eigenvalue weighted by atomic mass is 10.2. The molecule has 2 N–H and O–H groups in total. The quantitative estimate of drug-likeness (QED) is 0.816. The zero-order valence-corrected chi connectivity index (χ0v) is 13.1. The van der Waals surface area contributed by atoms with E-state index in [2.05, 4.69) is 31.5 Å². The molecule has 2 aromatic rings. The van der Waals surface area contributed by atoms with Crippen LogP contribution in [0.1, 0.15) is 5.69 Å². The maximum atomic E-state index is 13.6. The number of hydrogen-bond donors (Lipinski definition) is 2. The van der Waals surface area contributed by atoms with E-state index in [4.69, 9.17) is 0 Å². The van der Waals surface area contributed by atoms with Gasteiger partial charge in [-0.25, -0.2) is 4.39 Å². The van der Waals surface area contributed by atoms with E-state index in [0.29, 0.717) is 10.9 Å². The maximum Gasteiger partial charge on any atom is 0.313 e. The highest BCUT2D eigenvalue weighted by molar-refractivity contribution is 9.10. The summed E-state index contributed by atoms with van der Waals surface area (Å²) >= 11 is 3.11.